The molecule has 2 aromatic rings. The third kappa shape index (κ3) is 2.54. The summed E-state index contributed by atoms with van der Waals surface area (Å²) in [6, 6.07) is 7.89. The zero-order chi connectivity index (χ0) is 13.1. The Morgan fingerprint density at radius 3 is 2.50 bits per heavy atom. The molecule has 1 aromatic heterocycles. The Morgan fingerprint density at radius 1 is 1.22 bits per heavy atom. The van der Waals surface area contributed by atoms with Crippen molar-refractivity contribution in [2.45, 2.75) is 26.3 Å². The van der Waals surface area contributed by atoms with Gasteiger partial charge < -0.3 is 5.73 Å². The van der Waals surface area contributed by atoms with Crippen LogP contribution in [0.1, 0.15) is 35.5 Å². The Bertz CT molecular complexity index is 537. The Balaban J connectivity index is 2.41. The SMILES string of the molecule is CCc1nnc(C)cc1C(N)c1ccc(F)cc1. The van der Waals surface area contributed by atoms with Crippen molar-refractivity contribution in [2.75, 3.05) is 0 Å². The average molecular weight is 245 g/mol. The number of rotatable bonds is 3. The van der Waals surface area contributed by atoms with Crippen LogP contribution in [0.5, 0.6) is 0 Å². The lowest BCUT2D eigenvalue weighted by molar-refractivity contribution is 0.626. The topological polar surface area (TPSA) is 51.8 Å². The predicted molar refractivity (Wildman–Crippen MR) is 68.6 cm³/mol. The van der Waals surface area contributed by atoms with Crippen molar-refractivity contribution in [1.82, 2.24) is 10.2 Å². The largest absolute Gasteiger partial charge is 0.320 e. The standard InChI is InChI=1S/C14H16FN3/c1-3-13-12(8-9(2)17-18-13)14(16)10-4-6-11(15)7-5-10/h4-8,14H,3,16H2,1-2H3. The number of benzene rings is 1. The molecule has 2 N–H and O–H groups in total. The molecule has 1 unspecified atom stereocenters. The third-order valence-electron chi connectivity index (χ3n) is 2.93. The van der Waals surface area contributed by atoms with E-state index in [1.807, 2.05) is 19.9 Å². The molecule has 0 amide bonds. The zero-order valence-corrected chi connectivity index (χ0v) is 10.5. The summed E-state index contributed by atoms with van der Waals surface area (Å²) < 4.78 is 12.9. The molecule has 1 heterocycles. The fourth-order valence-corrected chi connectivity index (χ4v) is 1.93. The normalized spacial score (nSPS) is 12.4. The molecule has 1 aromatic carbocycles. The lowest BCUT2D eigenvalue weighted by atomic mass is 9.97. The number of halogens is 1. The maximum absolute atomic E-state index is 12.9. The average Bonchev–Trinajstić information content (AvgIpc) is 2.39. The van der Waals surface area contributed by atoms with Crippen molar-refractivity contribution >= 4 is 0 Å². The fourth-order valence-electron chi connectivity index (χ4n) is 1.93. The lowest BCUT2D eigenvalue weighted by Crippen LogP contribution is -2.16. The second-order valence-corrected chi connectivity index (χ2v) is 4.27. The summed E-state index contributed by atoms with van der Waals surface area (Å²) in [5, 5.41) is 8.19. The van der Waals surface area contributed by atoms with Gasteiger partial charge in [0.1, 0.15) is 5.82 Å². The van der Waals surface area contributed by atoms with Crippen LogP contribution in [0.4, 0.5) is 4.39 Å². The number of nitrogens with zero attached hydrogens (tertiary/aromatic N) is 2. The van der Waals surface area contributed by atoms with E-state index in [4.69, 9.17) is 5.73 Å². The van der Waals surface area contributed by atoms with E-state index < -0.39 is 0 Å². The summed E-state index contributed by atoms with van der Waals surface area (Å²) in [6.45, 7) is 3.90. The summed E-state index contributed by atoms with van der Waals surface area (Å²) in [5.41, 5.74) is 9.77. The number of aromatic nitrogens is 2. The van der Waals surface area contributed by atoms with Crippen LogP contribution in [0.3, 0.4) is 0 Å². The molecular formula is C14H16FN3. The van der Waals surface area contributed by atoms with Crippen LogP contribution < -0.4 is 5.73 Å². The smallest absolute Gasteiger partial charge is 0.123 e. The summed E-state index contributed by atoms with van der Waals surface area (Å²) in [6.07, 6.45) is 0.775. The van der Waals surface area contributed by atoms with Crippen molar-refractivity contribution < 1.29 is 4.39 Å². The van der Waals surface area contributed by atoms with Crippen molar-refractivity contribution in [1.29, 1.82) is 0 Å². The molecule has 0 aliphatic heterocycles. The van der Waals surface area contributed by atoms with E-state index >= 15 is 0 Å². The number of hydrogen-bond acceptors (Lipinski definition) is 3. The van der Waals surface area contributed by atoms with Gasteiger partial charge in [-0.2, -0.15) is 10.2 Å². The van der Waals surface area contributed by atoms with Gasteiger partial charge in [-0.25, -0.2) is 4.39 Å². The highest BCUT2D eigenvalue weighted by atomic mass is 19.1. The van der Waals surface area contributed by atoms with E-state index in [-0.39, 0.29) is 11.9 Å². The minimum absolute atomic E-state index is 0.259. The van der Waals surface area contributed by atoms with E-state index in [1.54, 1.807) is 12.1 Å². The highest BCUT2D eigenvalue weighted by Gasteiger charge is 2.14. The van der Waals surface area contributed by atoms with E-state index in [2.05, 4.69) is 10.2 Å². The van der Waals surface area contributed by atoms with Crippen LogP contribution in [-0.2, 0) is 6.42 Å². The van der Waals surface area contributed by atoms with Gasteiger partial charge in [-0.05, 0) is 42.7 Å². The Morgan fingerprint density at radius 2 is 1.89 bits per heavy atom. The molecule has 0 spiro atoms. The molecule has 1 atom stereocenters. The van der Waals surface area contributed by atoms with Gasteiger partial charge in [-0.1, -0.05) is 19.1 Å². The summed E-state index contributed by atoms with van der Waals surface area (Å²) >= 11 is 0. The Kier molecular flexibility index (Phi) is 3.67. The predicted octanol–water partition coefficient (Wildman–Crippen LogP) is 2.53. The molecule has 0 aliphatic carbocycles. The van der Waals surface area contributed by atoms with Crippen LogP contribution in [0.2, 0.25) is 0 Å². The van der Waals surface area contributed by atoms with Gasteiger partial charge in [0.25, 0.3) is 0 Å². The highest BCUT2D eigenvalue weighted by Crippen LogP contribution is 2.22. The van der Waals surface area contributed by atoms with Crippen LogP contribution in [0.15, 0.2) is 30.3 Å². The molecule has 0 fully saturated rings. The molecule has 94 valence electrons. The highest BCUT2D eigenvalue weighted by molar-refractivity contribution is 5.34. The second-order valence-electron chi connectivity index (χ2n) is 4.27. The van der Waals surface area contributed by atoms with Crippen molar-refractivity contribution in [3.05, 3.63) is 58.7 Å². The van der Waals surface area contributed by atoms with E-state index in [1.165, 1.54) is 12.1 Å². The minimum Gasteiger partial charge on any atom is -0.320 e. The lowest BCUT2D eigenvalue weighted by Gasteiger charge is -2.15. The van der Waals surface area contributed by atoms with Gasteiger partial charge in [-0.15, -0.1) is 0 Å². The van der Waals surface area contributed by atoms with Crippen LogP contribution >= 0.6 is 0 Å². The van der Waals surface area contributed by atoms with Gasteiger partial charge in [0.2, 0.25) is 0 Å². The fraction of sp³-hybridized carbons (Fsp3) is 0.286. The number of aryl methyl sites for hydroxylation is 2. The maximum atomic E-state index is 12.9. The molecular weight excluding hydrogens is 229 g/mol. The molecule has 2 rings (SSSR count). The second kappa shape index (κ2) is 5.23. The maximum Gasteiger partial charge on any atom is 0.123 e. The number of hydrogen-bond donors (Lipinski definition) is 1. The zero-order valence-electron chi connectivity index (χ0n) is 10.5. The van der Waals surface area contributed by atoms with Gasteiger partial charge in [-0.3, -0.25) is 0 Å². The molecule has 0 aliphatic rings. The van der Waals surface area contributed by atoms with Crippen LogP contribution in [0, 0.1) is 12.7 Å². The number of nitrogens with two attached hydrogens (primary N) is 1. The Hall–Kier alpha value is -1.81. The van der Waals surface area contributed by atoms with Gasteiger partial charge in [0.15, 0.2) is 0 Å². The Labute approximate surface area is 106 Å². The summed E-state index contributed by atoms with van der Waals surface area (Å²) in [7, 11) is 0. The molecule has 0 saturated carbocycles. The van der Waals surface area contributed by atoms with Gasteiger partial charge in [0, 0.05) is 0 Å². The molecule has 0 bridgehead atoms. The first kappa shape index (κ1) is 12.6. The summed E-state index contributed by atoms with van der Waals surface area (Å²) in [5.74, 6) is -0.259. The molecule has 18 heavy (non-hydrogen) atoms. The van der Waals surface area contributed by atoms with E-state index in [9.17, 15) is 4.39 Å². The van der Waals surface area contributed by atoms with Crippen molar-refractivity contribution in [3.8, 4) is 0 Å². The third-order valence-corrected chi connectivity index (χ3v) is 2.93. The van der Waals surface area contributed by atoms with Gasteiger partial charge >= 0.3 is 0 Å². The monoisotopic (exact) mass is 245 g/mol. The molecule has 0 radical (unpaired) electrons. The molecule has 0 saturated heterocycles. The van der Waals surface area contributed by atoms with Crippen LogP contribution in [0.25, 0.3) is 0 Å². The van der Waals surface area contributed by atoms with E-state index in [0.717, 1.165) is 28.9 Å². The van der Waals surface area contributed by atoms with Crippen molar-refractivity contribution in [2.24, 2.45) is 5.73 Å². The first-order chi connectivity index (χ1) is 8.61. The van der Waals surface area contributed by atoms with E-state index in [0.29, 0.717) is 0 Å². The molecule has 4 heteroatoms. The molecule has 3 nitrogen and oxygen atoms in total. The minimum atomic E-state index is -0.297. The van der Waals surface area contributed by atoms with Crippen molar-refractivity contribution in [3.63, 3.8) is 0 Å². The first-order valence-electron chi connectivity index (χ1n) is 5.96. The van der Waals surface area contributed by atoms with Gasteiger partial charge in [0.05, 0.1) is 17.4 Å². The summed E-state index contributed by atoms with van der Waals surface area (Å²) in [4.78, 5) is 0. The van der Waals surface area contributed by atoms with Crippen LogP contribution in [-0.4, -0.2) is 10.2 Å². The first-order valence-corrected chi connectivity index (χ1v) is 5.96. The quantitative estimate of drug-likeness (QED) is 0.904.